The average molecular weight is 522 g/mol. The minimum Gasteiger partial charge on any atom is -0.393 e. The van der Waals surface area contributed by atoms with Gasteiger partial charge in [0.2, 0.25) is 5.95 Å². The number of amides is 1. The number of aromatic amines is 1. The lowest BCUT2D eigenvalue weighted by atomic mass is 10.2. The van der Waals surface area contributed by atoms with Gasteiger partial charge in [0, 0.05) is 38.6 Å². The molecule has 1 amide bonds. The van der Waals surface area contributed by atoms with E-state index in [1.807, 2.05) is 0 Å². The number of rotatable bonds is 7. The maximum atomic E-state index is 13.1. The standard InChI is InChI=1S/C19H20F6N8O3/c1-11(30-13-8-28-31-16(35)15(13)19(23,24)25)10-36-29-9-14(34)32-2-4-33(5-3-32)17-26-6-12(7-27-17)18(20,21)22/h6-9,11H,2-5,10H2,1H3,(H2,30,31,35)/b29-9+/t11-/m0/s1. The molecular weight excluding hydrogens is 502 g/mol. The van der Waals surface area contributed by atoms with Crippen molar-refractivity contribution in [2.75, 3.05) is 43.0 Å². The molecule has 1 aliphatic heterocycles. The first-order valence-corrected chi connectivity index (χ1v) is 10.4. The molecule has 11 nitrogen and oxygen atoms in total. The van der Waals surface area contributed by atoms with Crippen LogP contribution >= 0.6 is 0 Å². The molecule has 0 aromatic carbocycles. The van der Waals surface area contributed by atoms with Crippen molar-refractivity contribution in [1.29, 1.82) is 0 Å². The van der Waals surface area contributed by atoms with Gasteiger partial charge < -0.3 is 20.0 Å². The van der Waals surface area contributed by atoms with E-state index in [9.17, 15) is 35.9 Å². The van der Waals surface area contributed by atoms with Gasteiger partial charge in [0.25, 0.3) is 11.5 Å². The third-order valence-corrected chi connectivity index (χ3v) is 4.94. The van der Waals surface area contributed by atoms with Crippen LogP contribution in [-0.2, 0) is 22.0 Å². The van der Waals surface area contributed by atoms with Gasteiger partial charge in [-0.25, -0.2) is 15.1 Å². The van der Waals surface area contributed by atoms with Crippen molar-refractivity contribution in [2.45, 2.75) is 25.3 Å². The number of nitrogens with zero attached hydrogens (tertiary/aromatic N) is 6. The highest BCUT2D eigenvalue weighted by Crippen LogP contribution is 2.31. The van der Waals surface area contributed by atoms with Crippen molar-refractivity contribution in [3.8, 4) is 0 Å². The van der Waals surface area contributed by atoms with E-state index in [0.29, 0.717) is 12.4 Å². The average Bonchev–Trinajstić information content (AvgIpc) is 2.80. The number of hydrogen-bond donors (Lipinski definition) is 2. The Labute approximate surface area is 199 Å². The summed E-state index contributed by atoms with van der Waals surface area (Å²) in [6, 6.07) is -0.728. The highest BCUT2D eigenvalue weighted by Gasteiger charge is 2.37. The zero-order chi connectivity index (χ0) is 26.5. The van der Waals surface area contributed by atoms with E-state index in [-0.39, 0.29) is 38.7 Å². The highest BCUT2D eigenvalue weighted by atomic mass is 19.4. The number of halogens is 6. The van der Waals surface area contributed by atoms with Gasteiger partial charge in [-0.15, -0.1) is 0 Å². The van der Waals surface area contributed by atoms with Gasteiger partial charge in [0.1, 0.15) is 18.4 Å². The summed E-state index contributed by atoms with van der Waals surface area (Å²) >= 11 is 0. The number of H-pyrrole nitrogens is 1. The fraction of sp³-hybridized carbons (Fsp3) is 0.474. The number of carbonyl (C=O) groups is 1. The number of aromatic nitrogens is 4. The molecule has 1 saturated heterocycles. The monoisotopic (exact) mass is 522 g/mol. The van der Waals surface area contributed by atoms with Gasteiger partial charge >= 0.3 is 12.4 Å². The quantitative estimate of drug-likeness (QED) is 0.320. The summed E-state index contributed by atoms with van der Waals surface area (Å²) in [6.45, 7) is 2.25. The Hall–Kier alpha value is -3.92. The van der Waals surface area contributed by atoms with Gasteiger partial charge in [0.05, 0.1) is 23.5 Å². The molecule has 196 valence electrons. The van der Waals surface area contributed by atoms with Crippen LogP contribution in [0.15, 0.2) is 28.5 Å². The SMILES string of the molecule is C[C@@H](CO/N=C/C(=O)N1CCN(c2ncc(C(F)(F)F)cn2)CC1)Nc1cn[nH]c(=O)c1C(F)(F)F. The van der Waals surface area contributed by atoms with Crippen LogP contribution in [0.1, 0.15) is 18.1 Å². The Bertz CT molecular complexity index is 1130. The lowest BCUT2D eigenvalue weighted by Gasteiger charge is -2.34. The molecule has 1 atom stereocenters. The zero-order valence-corrected chi connectivity index (χ0v) is 18.6. The van der Waals surface area contributed by atoms with E-state index in [1.54, 1.807) is 10.00 Å². The van der Waals surface area contributed by atoms with Crippen LogP contribution in [0.4, 0.5) is 38.0 Å². The summed E-state index contributed by atoms with van der Waals surface area (Å²) in [6.07, 6.45) is -6.34. The van der Waals surface area contributed by atoms with Crippen LogP contribution in [-0.4, -0.2) is 76.0 Å². The van der Waals surface area contributed by atoms with Crippen molar-refractivity contribution in [1.82, 2.24) is 25.1 Å². The summed E-state index contributed by atoms with van der Waals surface area (Å²) in [7, 11) is 0. The molecule has 2 aromatic heterocycles. The number of carbonyl (C=O) groups excluding carboxylic acids is 1. The first kappa shape index (κ1) is 26.7. The van der Waals surface area contributed by atoms with Crippen molar-refractivity contribution >= 4 is 23.8 Å². The Morgan fingerprint density at radius 3 is 2.36 bits per heavy atom. The van der Waals surface area contributed by atoms with Crippen LogP contribution in [0.25, 0.3) is 0 Å². The Morgan fingerprint density at radius 2 is 1.78 bits per heavy atom. The third-order valence-electron chi connectivity index (χ3n) is 4.94. The van der Waals surface area contributed by atoms with Crippen LogP contribution in [0, 0.1) is 0 Å². The summed E-state index contributed by atoms with van der Waals surface area (Å²) in [5.41, 5.74) is -4.31. The molecule has 1 fully saturated rings. The molecule has 3 rings (SSSR count). The number of nitrogens with one attached hydrogen (secondary N) is 2. The predicted octanol–water partition coefficient (Wildman–Crippen LogP) is 1.75. The number of alkyl halides is 6. The summed E-state index contributed by atoms with van der Waals surface area (Å²) in [5, 5.41) is 11.1. The Morgan fingerprint density at radius 1 is 1.14 bits per heavy atom. The normalized spacial score (nSPS) is 15.8. The maximum absolute atomic E-state index is 13.1. The summed E-state index contributed by atoms with van der Waals surface area (Å²) < 4.78 is 77.1. The van der Waals surface area contributed by atoms with Gasteiger partial charge in [-0.05, 0) is 6.92 Å². The van der Waals surface area contributed by atoms with E-state index in [0.717, 1.165) is 12.4 Å². The molecule has 0 aliphatic carbocycles. The molecular formula is C19H20F6N8O3. The van der Waals surface area contributed by atoms with E-state index >= 15 is 0 Å². The molecule has 1 aliphatic rings. The largest absolute Gasteiger partial charge is 0.423 e. The Kier molecular flexibility index (Phi) is 7.99. The van der Waals surface area contributed by atoms with E-state index in [1.165, 1.54) is 11.8 Å². The second-order valence-corrected chi connectivity index (χ2v) is 7.64. The van der Waals surface area contributed by atoms with Crippen molar-refractivity contribution < 1.29 is 36.0 Å². The fourth-order valence-electron chi connectivity index (χ4n) is 3.17. The minimum absolute atomic E-state index is 0.109. The van der Waals surface area contributed by atoms with Crippen molar-refractivity contribution in [3.05, 3.63) is 40.1 Å². The molecule has 0 saturated carbocycles. The number of anilines is 2. The maximum Gasteiger partial charge on any atom is 0.423 e. The van der Waals surface area contributed by atoms with E-state index < -0.39 is 46.7 Å². The van der Waals surface area contributed by atoms with E-state index in [2.05, 4.69) is 25.5 Å². The van der Waals surface area contributed by atoms with E-state index in [4.69, 9.17) is 4.84 Å². The molecule has 0 radical (unpaired) electrons. The first-order chi connectivity index (χ1) is 16.9. The van der Waals surface area contributed by atoms with Crippen molar-refractivity contribution in [3.63, 3.8) is 0 Å². The number of hydrogen-bond acceptors (Lipinski definition) is 9. The van der Waals surface area contributed by atoms with Crippen LogP contribution in [0.5, 0.6) is 0 Å². The molecule has 2 N–H and O–H groups in total. The smallest absolute Gasteiger partial charge is 0.393 e. The van der Waals surface area contributed by atoms with Gasteiger partial charge in [0.15, 0.2) is 0 Å². The second kappa shape index (κ2) is 10.8. The van der Waals surface area contributed by atoms with Gasteiger partial charge in [-0.2, -0.15) is 31.4 Å². The molecule has 2 aromatic rings. The number of oxime groups is 1. The second-order valence-electron chi connectivity index (χ2n) is 7.64. The van der Waals surface area contributed by atoms with Crippen LogP contribution in [0.3, 0.4) is 0 Å². The highest BCUT2D eigenvalue weighted by molar-refractivity contribution is 6.26. The Balaban J connectivity index is 1.45. The molecule has 0 bridgehead atoms. The third kappa shape index (κ3) is 6.82. The topological polar surface area (TPSA) is 129 Å². The van der Waals surface area contributed by atoms with Crippen LogP contribution < -0.4 is 15.8 Å². The molecule has 3 heterocycles. The molecule has 17 heteroatoms. The zero-order valence-electron chi connectivity index (χ0n) is 18.6. The van der Waals surface area contributed by atoms with Gasteiger partial charge in [-0.3, -0.25) is 9.59 Å². The van der Waals surface area contributed by atoms with Gasteiger partial charge in [-0.1, -0.05) is 5.16 Å². The van der Waals surface area contributed by atoms with Crippen LogP contribution in [0.2, 0.25) is 0 Å². The summed E-state index contributed by atoms with van der Waals surface area (Å²) in [4.78, 5) is 39.2. The molecule has 36 heavy (non-hydrogen) atoms. The number of piperazine rings is 1. The predicted molar refractivity (Wildman–Crippen MR) is 113 cm³/mol. The lowest BCUT2D eigenvalue weighted by Crippen LogP contribution is -2.49. The minimum atomic E-state index is -4.90. The first-order valence-electron chi connectivity index (χ1n) is 10.4. The lowest BCUT2D eigenvalue weighted by molar-refractivity contribution is -0.139. The molecule has 0 spiro atoms. The fourth-order valence-corrected chi connectivity index (χ4v) is 3.17. The summed E-state index contributed by atoms with van der Waals surface area (Å²) in [5.74, 6) is -0.389. The molecule has 0 unspecified atom stereocenters. The van der Waals surface area contributed by atoms with Crippen molar-refractivity contribution in [2.24, 2.45) is 5.16 Å².